The molecule has 1 aliphatic carbocycles. The van der Waals surface area contributed by atoms with E-state index in [1.54, 1.807) is 4.90 Å². The van der Waals surface area contributed by atoms with E-state index in [0.717, 1.165) is 6.42 Å². The van der Waals surface area contributed by atoms with Crippen molar-refractivity contribution in [3.63, 3.8) is 0 Å². The van der Waals surface area contributed by atoms with Gasteiger partial charge < -0.3 is 15.8 Å². The summed E-state index contributed by atoms with van der Waals surface area (Å²) in [6.45, 7) is 0.513. The molecule has 1 heterocycles. The topological polar surface area (TPSA) is 78.9 Å². The van der Waals surface area contributed by atoms with Crippen molar-refractivity contribution in [2.75, 3.05) is 6.54 Å². The fourth-order valence-corrected chi connectivity index (χ4v) is 3.31. The number of nitrogens with two attached hydrogens (primary N) is 1. The van der Waals surface area contributed by atoms with Crippen molar-refractivity contribution in [3.05, 3.63) is 0 Å². The first-order chi connectivity index (χ1) is 9.84. The van der Waals surface area contributed by atoms with Gasteiger partial charge in [0.05, 0.1) is 12.0 Å². The molecule has 2 aliphatic rings. The zero-order chi connectivity index (χ0) is 15.6. The van der Waals surface area contributed by atoms with Crippen molar-refractivity contribution in [1.29, 1.82) is 0 Å². The fourth-order valence-electron chi connectivity index (χ4n) is 3.31. The first-order valence-corrected chi connectivity index (χ1v) is 7.19. The van der Waals surface area contributed by atoms with Crippen LogP contribution in [0.15, 0.2) is 5.16 Å². The first kappa shape index (κ1) is 15.9. The first-order valence-electron chi connectivity index (χ1n) is 7.19. The van der Waals surface area contributed by atoms with Crippen LogP contribution < -0.4 is 5.73 Å². The number of likely N-dealkylation sites (tertiary alicyclic amines) is 1. The molecular weight excluding hydrogens is 287 g/mol. The standard InChI is InChI=1S/C13H20F3N3O2/c14-13(15,16)9-5-3-8(4-6-9)12(20)19-7-1-2-10(19)11(17)18-21/h8-10,21H,1-7H2,(H2,17,18). The monoisotopic (exact) mass is 307 g/mol. The van der Waals surface area contributed by atoms with Crippen LogP contribution in [0.5, 0.6) is 0 Å². The summed E-state index contributed by atoms with van der Waals surface area (Å²) in [7, 11) is 0. The predicted octanol–water partition coefficient (Wildman–Crippen LogP) is 2.09. The van der Waals surface area contributed by atoms with E-state index in [0.29, 0.717) is 13.0 Å². The van der Waals surface area contributed by atoms with Crippen LogP contribution in [-0.4, -0.2) is 40.6 Å². The SMILES string of the molecule is NC(=NO)C1CCCN1C(=O)C1CCC(C(F)(F)F)CC1. The fraction of sp³-hybridized carbons (Fsp3) is 0.846. The van der Waals surface area contributed by atoms with Crippen LogP contribution in [0.1, 0.15) is 38.5 Å². The molecule has 1 saturated heterocycles. The van der Waals surface area contributed by atoms with Gasteiger partial charge in [0.25, 0.3) is 0 Å². The summed E-state index contributed by atoms with van der Waals surface area (Å²) >= 11 is 0. The van der Waals surface area contributed by atoms with Gasteiger partial charge in [-0.1, -0.05) is 5.16 Å². The molecule has 0 aromatic carbocycles. The van der Waals surface area contributed by atoms with E-state index in [1.807, 2.05) is 0 Å². The van der Waals surface area contributed by atoms with Gasteiger partial charge in [-0.3, -0.25) is 4.79 Å². The molecule has 120 valence electrons. The number of carbonyl (C=O) groups excluding carboxylic acids is 1. The molecule has 0 aromatic rings. The van der Waals surface area contributed by atoms with Crippen LogP contribution in [0.2, 0.25) is 0 Å². The molecule has 0 aromatic heterocycles. The van der Waals surface area contributed by atoms with Crippen molar-refractivity contribution in [2.45, 2.75) is 50.7 Å². The van der Waals surface area contributed by atoms with Crippen LogP contribution in [0, 0.1) is 11.8 Å². The zero-order valence-electron chi connectivity index (χ0n) is 11.6. The van der Waals surface area contributed by atoms with Gasteiger partial charge in [-0.2, -0.15) is 13.2 Å². The van der Waals surface area contributed by atoms with E-state index >= 15 is 0 Å². The van der Waals surface area contributed by atoms with Crippen molar-refractivity contribution in [2.24, 2.45) is 22.7 Å². The Hall–Kier alpha value is -1.47. The molecule has 1 atom stereocenters. The lowest BCUT2D eigenvalue weighted by Crippen LogP contribution is -2.47. The van der Waals surface area contributed by atoms with E-state index in [9.17, 15) is 18.0 Å². The minimum atomic E-state index is -4.17. The van der Waals surface area contributed by atoms with E-state index in [4.69, 9.17) is 10.9 Å². The Morgan fingerprint density at radius 3 is 2.33 bits per heavy atom. The van der Waals surface area contributed by atoms with Gasteiger partial charge in [-0.05, 0) is 38.5 Å². The van der Waals surface area contributed by atoms with Crippen LogP contribution in [0.3, 0.4) is 0 Å². The maximum atomic E-state index is 12.6. The number of amidine groups is 1. The molecule has 1 amide bonds. The molecule has 21 heavy (non-hydrogen) atoms. The number of hydrogen-bond donors (Lipinski definition) is 2. The molecule has 1 saturated carbocycles. The van der Waals surface area contributed by atoms with Crippen molar-refractivity contribution >= 4 is 11.7 Å². The second kappa shape index (κ2) is 6.11. The van der Waals surface area contributed by atoms with Crippen molar-refractivity contribution in [3.8, 4) is 0 Å². The van der Waals surface area contributed by atoms with Crippen molar-refractivity contribution in [1.82, 2.24) is 4.90 Å². The van der Waals surface area contributed by atoms with E-state index in [-0.39, 0.29) is 43.3 Å². The maximum Gasteiger partial charge on any atom is 0.391 e. The third kappa shape index (κ3) is 3.41. The highest BCUT2D eigenvalue weighted by Gasteiger charge is 2.44. The van der Waals surface area contributed by atoms with E-state index in [2.05, 4.69) is 5.16 Å². The molecule has 1 unspecified atom stereocenters. The number of nitrogens with zero attached hydrogens (tertiary/aromatic N) is 2. The second-order valence-corrected chi connectivity index (χ2v) is 5.80. The molecule has 8 heteroatoms. The van der Waals surface area contributed by atoms with Crippen LogP contribution >= 0.6 is 0 Å². The average molecular weight is 307 g/mol. The molecule has 2 fully saturated rings. The van der Waals surface area contributed by atoms with Crippen molar-refractivity contribution < 1.29 is 23.2 Å². The highest BCUT2D eigenvalue weighted by atomic mass is 19.4. The number of oxime groups is 1. The summed E-state index contributed by atoms with van der Waals surface area (Å²) in [4.78, 5) is 14.0. The van der Waals surface area contributed by atoms with Gasteiger partial charge in [0.2, 0.25) is 5.91 Å². The second-order valence-electron chi connectivity index (χ2n) is 5.80. The molecule has 5 nitrogen and oxygen atoms in total. The minimum Gasteiger partial charge on any atom is -0.409 e. The highest BCUT2D eigenvalue weighted by Crippen LogP contribution is 2.40. The minimum absolute atomic E-state index is 0.00197. The summed E-state index contributed by atoms with van der Waals surface area (Å²) in [5, 5.41) is 11.7. The Balaban J connectivity index is 1.96. The number of alkyl halides is 3. The Kier molecular flexibility index (Phi) is 4.63. The van der Waals surface area contributed by atoms with Gasteiger partial charge >= 0.3 is 6.18 Å². The normalized spacial score (nSPS) is 31.5. The Bertz CT molecular complexity index is 417. The Morgan fingerprint density at radius 2 is 1.81 bits per heavy atom. The third-order valence-corrected chi connectivity index (χ3v) is 4.53. The quantitative estimate of drug-likeness (QED) is 0.355. The summed E-state index contributed by atoms with van der Waals surface area (Å²) < 4.78 is 37.9. The third-order valence-electron chi connectivity index (χ3n) is 4.53. The van der Waals surface area contributed by atoms with Gasteiger partial charge in [0, 0.05) is 12.5 Å². The lowest BCUT2D eigenvalue weighted by molar-refractivity contribution is -0.185. The van der Waals surface area contributed by atoms with Crippen LogP contribution in [0.4, 0.5) is 13.2 Å². The van der Waals surface area contributed by atoms with Gasteiger partial charge in [-0.25, -0.2) is 0 Å². The van der Waals surface area contributed by atoms with Gasteiger partial charge in [-0.15, -0.1) is 0 Å². The largest absolute Gasteiger partial charge is 0.409 e. The molecule has 1 aliphatic heterocycles. The molecule has 0 bridgehead atoms. The smallest absolute Gasteiger partial charge is 0.391 e. The molecule has 3 N–H and O–H groups in total. The summed E-state index contributed by atoms with van der Waals surface area (Å²) in [6.07, 6.45) is -2.28. The molecular formula is C13H20F3N3O2. The number of halogens is 3. The maximum absolute atomic E-state index is 12.6. The summed E-state index contributed by atoms with van der Waals surface area (Å²) in [5.74, 6) is -1.84. The number of hydrogen-bond acceptors (Lipinski definition) is 3. The Morgan fingerprint density at radius 1 is 1.19 bits per heavy atom. The van der Waals surface area contributed by atoms with Crippen LogP contribution in [0.25, 0.3) is 0 Å². The lowest BCUT2D eigenvalue weighted by Gasteiger charge is -2.33. The molecule has 2 rings (SSSR count). The average Bonchev–Trinajstić information content (AvgIpc) is 2.94. The molecule has 0 spiro atoms. The van der Waals surface area contributed by atoms with Gasteiger partial charge in [0.1, 0.15) is 0 Å². The summed E-state index contributed by atoms with van der Waals surface area (Å²) in [5.41, 5.74) is 5.57. The van der Waals surface area contributed by atoms with Gasteiger partial charge in [0.15, 0.2) is 5.84 Å². The van der Waals surface area contributed by atoms with E-state index in [1.165, 1.54) is 0 Å². The highest BCUT2D eigenvalue weighted by molar-refractivity contribution is 5.91. The predicted molar refractivity (Wildman–Crippen MR) is 69.6 cm³/mol. The molecule has 0 radical (unpaired) electrons. The van der Waals surface area contributed by atoms with Crippen LogP contribution in [-0.2, 0) is 4.79 Å². The number of rotatable bonds is 2. The lowest BCUT2D eigenvalue weighted by atomic mass is 9.81. The zero-order valence-corrected chi connectivity index (χ0v) is 11.6. The van der Waals surface area contributed by atoms with E-state index < -0.39 is 18.1 Å². The number of carbonyl (C=O) groups is 1. The Labute approximate surface area is 121 Å². The number of amides is 1. The summed E-state index contributed by atoms with van der Waals surface area (Å²) in [6, 6.07) is -0.428.